The Morgan fingerprint density at radius 2 is 2.12 bits per heavy atom. The summed E-state index contributed by atoms with van der Waals surface area (Å²) < 4.78 is 6.59. The molecular formula is C11H15BrN2O2. The predicted octanol–water partition coefficient (Wildman–Crippen LogP) is 2.17. The maximum absolute atomic E-state index is 9.04. The van der Waals surface area contributed by atoms with Gasteiger partial charge in [-0.05, 0) is 47.5 Å². The first kappa shape index (κ1) is 11.8. The van der Waals surface area contributed by atoms with E-state index in [1.54, 1.807) is 6.20 Å². The Morgan fingerprint density at radius 3 is 2.75 bits per heavy atom. The van der Waals surface area contributed by atoms with Crippen molar-refractivity contribution in [3.05, 3.63) is 17.0 Å². The molecule has 1 aliphatic rings. The van der Waals surface area contributed by atoms with E-state index in [2.05, 4.69) is 25.9 Å². The third-order valence-electron chi connectivity index (χ3n) is 2.96. The second-order valence-electron chi connectivity index (χ2n) is 4.12. The summed E-state index contributed by atoms with van der Waals surface area (Å²) in [6.45, 7) is 0.296. The number of rotatable bonds is 3. The summed E-state index contributed by atoms with van der Waals surface area (Å²) in [6.07, 6.45) is 7.42. The number of ether oxygens (including phenoxy) is 1. The van der Waals surface area contributed by atoms with E-state index in [1.807, 2.05) is 0 Å². The van der Waals surface area contributed by atoms with Gasteiger partial charge in [-0.15, -0.1) is 0 Å². The molecule has 2 rings (SSSR count). The second kappa shape index (κ2) is 5.59. The van der Waals surface area contributed by atoms with Crippen LogP contribution in [0.3, 0.4) is 0 Å². The van der Waals surface area contributed by atoms with Crippen LogP contribution in [0.1, 0.15) is 25.7 Å². The Hall–Kier alpha value is -0.680. The number of hydrogen-bond donors (Lipinski definition) is 1. The van der Waals surface area contributed by atoms with Crippen molar-refractivity contribution < 1.29 is 9.84 Å². The molecule has 1 aliphatic carbocycles. The van der Waals surface area contributed by atoms with Crippen molar-refractivity contribution in [1.82, 2.24) is 9.97 Å². The lowest BCUT2D eigenvalue weighted by Gasteiger charge is -2.27. The lowest BCUT2D eigenvalue weighted by atomic mass is 9.88. The zero-order valence-corrected chi connectivity index (χ0v) is 10.6. The van der Waals surface area contributed by atoms with Gasteiger partial charge in [-0.2, -0.15) is 0 Å². The van der Waals surface area contributed by atoms with Crippen molar-refractivity contribution in [3.8, 4) is 5.88 Å². The quantitative estimate of drug-likeness (QED) is 0.925. The topological polar surface area (TPSA) is 55.2 Å². The highest BCUT2D eigenvalue weighted by atomic mass is 79.9. The van der Waals surface area contributed by atoms with Crippen molar-refractivity contribution >= 4 is 15.9 Å². The summed E-state index contributed by atoms with van der Waals surface area (Å²) in [7, 11) is 0. The number of aromatic nitrogens is 2. The molecule has 1 fully saturated rings. The molecule has 88 valence electrons. The van der Waals surface area contributed by atoms with Crippen molar-refractivity contribution in [1.29, 1.82) is 0 Å². The Labute approximate surface area is 103 Å². The molecule has 1 aromatic rings. The molecule has 1 saturated carbocycles. The molecule has 0 unspecified atom stereocenters. The first-order valence-electron chi connectivity index (χ1n) is 5.52. The molecule has 0 bridgehead atoms. The van der Waals surface area contributed by atoms with Crippen LogP contribution in [0.15, 0.2) is 17.0 Å². The van der Waals surface area contributed by atoms with Crippen LogP contribution < -0.4 is 4.74 Å². The molecule has 0 amide bonds. The van der Waals surface area contributed by atoms with Crippen molar-refractivity contribution in [2.24, 2.45) is 5.92 Å². The summed E-state index contributed by atoms with van der Waals surface area (Å²) in [4.78, 5) is 7.97. The SMILES string of the molecule is OCC1CCC(Oc2ncncc2Br)CC1. The first-order chi connectivity index (χ1) is 7.79. The molecule has 1 N–H and O–H groups in total. The lowest BCUT2D eigenvalue weighted by Crippen LogP contribution is -2.26. The Bertz CT molecular complexity index is 341. The number of halogens is 1. The van der Waals surface area contributed by atoms with E-state index in [0.717, 1.165) is 30.2 Å². The van der Waals surface area contributed by atoms with Crippen LogP contribution in [0.2, 0.25) is 0 Å². The lowest BCUT2D eigenvalue weighted by molar-refractivity contribution is 0.0997. The van der Waals surface area contributed by atoms with Crippen LogP contribution in [-0.4, -0.2) is 27.8 Å². The van der Waals surface area contributed by atoms with Crippen LogP contribution in [0.25, 0.3) is 0 Å². The average molecular weight is 287 g/mol. The molecule has 1 aromatic heterocycles. The van der Waals surface area contributed by atoms with E-state index in [-0.39, 0.29) is 6.10 Å². The Kier molecular flexibility index (Phi) is 4.12. The summed E-state index contributed by atoms with van der Waals surface area (Å²) >= 11 is 3.36. The third-order valence-corrected chi connectivity index (χ3v) is 3.51. The Balaban J connectivity index is 1.89. The summed E-state index contributed by atoms with van der Waals surface area (Å²) in [5, 5.41) is 9.04. The Morgan fingerprint density at radius 1 is 1.38 bits per heavy atom. The van der Waals surface area contributed by atoms with Gasteiger partial charge >= 0.3 is 0 Å². The third kappa shape index (κ3) is 2.92. The van der Waals surface area contributed by atoms with Gasteiger partial charge in [0.2, 0.25) is 5.88 Å². The van der Waals surface area contributed by atoms with Crippen LogP contribution in [0.4, 0.5) is 0 Å². The number of hydrogen-bond acceptors (Lipinski definition) is 4. The standard InChI is InChI=1S/C11H15BrN2O2/c12-10-5-13-7-14-11(10)16-9-3-1-8(6-15)2-4-9/h5,7-9,15H,1-4,6H2. The highest BCUT2D eigenvalue weighted by Gasteiger charge is 2.22. The second-order valence-corrected chi connectivity index (χ2v) is 4.97. The first-order valence-corrected chi connectivity index (χ1v) is 6.32. The fraction of sp³-hybridized carbons (Fsp3) is 0.636. The summed E-state index contributed by atoms with van der Waals surface area (Å²) in [5.74, 6) is 1.07. The van der Waals surface area contributed by atoms with E-state index in [1.165, 1.54) is 6.33 Å². The van der Waals surface area contributed by atoms with Crippen molar-refractivity contribution in [3.63, 3.8) is 0 Å². The minimum absolute atomic E-state index is 0.217. The van der Waals surface area contributed by atoms with Crippen LogP contribution >= 0.6 is 15.9 Å². The van der Waals surface area contributed by atoms with Gasteiger partial charge in [-0.1, -0.05) is 0 Å². The molecule has 0 radical (unpaired) electrons. The molecule has 5 heteroatoms. The molecule has 0 saturated heterocycles. The maximum atomic E-state index is 9.04. The molecule has 0 aromatic carbocycles. The fourth-order valence-electron chi connectivity index (χ4n) is 1.98. The monoisotopic (exact) mass is 286 g/mol. The van der Waals surface area contributed by atoms with Crippen LogP contribution in [0, 0.1) is 5.92 Å². The smallest absolute Gasteiger partial charge is 0.231 e. The molecule has 16 heavy (non-hydrogen) atoms. The van der Waals surface area contributed by atoms with E-state index in [0.29, 0.717) is 18.4 Å². The highest BCUT2D eigenvalue weighted by molar-refractivity contribution is 9.10. The molecule has 0 spiro atoms. The number of aliphatic hydroxyl groups excluding tert-OH is 1. The normalized spacial score (nSPS) is 25.4. The van der Waals surface area contributed by atoms with E-state index in [4.69, 9.17) is 9.84 Å². The van der Waals surface area contributed by atoms with E-state index >= 15 is 0 Å². The van der Waals surface area contributed by atoms with Gasteiger partial charge in [0.1, 0.15) is 12.4 Å². The molecule has 0 aliphatic heterocycles. The predicted molar refractivity (Wildman–Crippen MR) is 63.2 cm³/mol. The summed E-state index contributed by atoms with van der Waals surface area (Å²) in [6, 6.07) is 0. The van der Waals surface area contributed by atoms with E-state index in [9.17, 15) is 0 Å². The largest absolute Gasteiger partial charge is 0.473 e. The molecular weight excluding hydrogens is 272 g/mol. The zero-order chi connectivity index (χ0) is 11.4. The van der Waals surface area contributed by atoms with Gasteiger partial charge in [0.15, 0.2) is 0 Å². The summed E-state index contributed by atoms with van der Waals surface area (Å²) in [5.41, 5.74) is 0. The van der Waals surface area contributed by atoms with Gasteiger partial charge in [0.05, 0.1) is 4.47 Å². The van der Waals surface area contributed by atoms with Gasteiger partial charge in [0, 0.05) is 12.8 Å². The highest BCUT2D eigenvalue weighted by Crippen LogP contribution is 2.29. The molecule has 4 nitrogen and oxygen atoms in total. The van der Waals surface area contributed by atoms with Gasteiger partial charge < -0.3 is 9.84 Å². The van der Waals surface area contributed by atoms with Gasteiger partial charge in [0.25, 0.3) is 0 Å². The van der Waals surface area contributed by atoms with E-state index < -0.39 is 0 Å². The van der Waals surface area contributed by atoms with Gasteiger partial charge in [-0.25, -0.2) is 9.97 Å². The van der Waals surface area contributed by atoms with Gasteiger partial charge in [-0.3, -0.25) is 0 Å². The zero-order valence-electron chi connectivity index (χ0n) is 8.97. The van der Waals surface area contributed by atoms with Crippen molar-refractivity contribution in [2.75, 3.05) is 6.61 Å². The molecule has 1 heterocycles. The molecule has 0 atom stereocenters. The van der Waals surface area contributed by atoms with Crippen molar-refractivity contribution in [2.45, 2.75) is 31.8 Å². The van der Waals surface area contributed by atoms with Crippen LogP contribution in [-0.2, 0) is 0 Å². The maximum Gasteiger partial charge on any atom is 0.231 e. The average Bonchev–Trinajstić information content (AvgIpc) is 2.33. The number of aliphatic hydroxyl groups is 1. The number of nitrogens with zero attached hydrogens (tertiary/aromatic N) is 2. The fourth-order valence-corrected chi connectivity index (χ4v) is 2.29. The van der Waals surface area contributed by atoms with Crippen LogP contribution in [0.5, 0.6) is 5.88 Å². The minimum Gasteiger partial charge on any atom is -0.473 e. The minimum atomic E-state index is 0.217.